The summed E-state index contributed by atoms with van der Waals surface area (Å²) in [5.41, 5.74) is -0.307. The van der Waals surface area contributed by atoms with Crippen LogP contribution < -0.4 is 0 Å². The van der Waals surface area contributed by atoms with E-state index in [4.69, 9.17) is 4.74 Å². The van der Waals surface area contributed by atoms with Gasteiger partial charge in [-0.15, -0.1) is 0 Å². The lowest BCUT2D eigenvalue weighted by molar-refractivity contribution is -0.142. The van der Waals surface area contributed by atoms with E-state index in [-0.39, 0.29) is 5.82 Å². The van der Waals surface area contributed by atoms with Gasteiger partial charge in [0, 0.05) is 16.6 Å². The fourth-order valence-electron chi connectivity index (χ4n) is 2.94. The quantitative estimate of drug-likeness (QED) is 0.888. The number of hydrogen-bond acceptors (Lipinski definition) is 2. The number of benzene rings is 1. The molecule has 2 rings (SSSR count). The first kappa shape index (κ1) is 14.9. The number of rotatable bonds is 4. The van der Waals surface area contributed by atoms with Crippen LogP contribution in [0.3, 0.4) is 0 Å². The zero-order valence-corrected chi connectivity index (χ0v) is 12.7. The van der Waals surface area contributed by atoms with Gasteiger partial charge in [-0.1, -0.05) is 35.2 Å². The van der Waals surface area contributed by atoms with Gasteiger partial charge in [0.2, 0.25) is 0 Å². The average Bonchev–Trinajstić information content (AvgIpc) is 2.42. The topological polar surface area (TPSA) is 29.5 Å². The Morgan fingerprint density at radius 1 is 1.37 bits per heavy atom. The molecule has 0 saturated heterocycles. The van der Waals surface area contributed by atoms with E-state index in [0.29, 0.717) is 12.2 Å². The van der Waals surface area contributed by atoms with Crippen LogP contribution in [0.15, 0.2) is 22.7 Å². The van der Waals surface area contributed by atoms with Gasteiger partial charge in [0.1, 0.15) is 11.9 Å². The van der Waals surface area contributed by atoms with Gasteiger partial charge in [-0.05, 0) is 38.0 Å². The van der Waals surface area contributed by atoms with Gasteiger partial charge >= 0.3 is 0 Å². The van der Waals surface area contributed by atoms with Gasteiger partial charge in [0.15, 0.2) is 0 Å². The predicted octanol–water partition coefficient (Wildman–Crippen LogP) is 4.36. The number of aliphatic hydroxyl groups excluding tert-OH is 1. The largest absolute Gasteiger partial charge is 0.385 e. The van der Waals surface area contributed by atoms with Gasteiger partial charge in [0.05, 0.1) is 5.60 Å². The summed E-state index contributed by atoms with van der Waals surface area (Å²) in [6, 6.07) is 4.67. The third-order valence-electron chi connectivity index (χ3n) is 3.88. The Morgan fingerprint density at radius 3 is 2.68 bits per heavy atom. The Bertz CT molecular complexity index is 425. The van der Waals surface area contributed by atoms with Crippen molar-refractivity contribution >= 4 is 15.9 Å². The smallest absolute Gasteiger partial charge is 0.129 e. The van der Waals surface area contributed by atoms with Crippen LogP contribution in [0, 0.1) is 5.82 Å². The molecule has 1 fully saturated rings. The second-order valence-corrected chi connectivity index (χ2v) is 6.04. The molecule has 1 aliphatic rings. The van der Waals surface area contributed by atoms with E-state index in [1.54, 1.807) is 12.1 Å². The molecule has 0 bridgehead atoms. The third-order valence-corrected chi connectivity index (χ3v) is 4.38. The van der Waals surface area contributed by atoms with Gasteiger partial charge in [-0.2, -0.15) is 0 Å². The molecule has 1 atom stereocenters. The molecule has 0 spiro atoms. The van der Waals surface area contributed by atoms with Crippen molar-refractivity contribution in [1.82, 2.24) is 0 Å². The monoisotopic (exact) mass is 330 g/mol. The average molecular weight is 331 g/mol. The van der Waals surface area contributed by atoms with Crippen molar-refractivity contribution in [2.24, 2.45) is 0 Å². The number of aliphatic hydroxyl groups is 1. The summed E-state index contributed by atoms with van der Waals surface area (Å²) >= 11 is 3.33. The van der Waals surface area contributed by atoms with Crippen LogP contribution in [-0.2, 0) is 4.74 Å². The minimum atomic E-state index is -0.912. The molecule has 0 heterocycles. The first-order valence-corrected chi connectivity index (χ1v) is 7.65. The number of ether oxygens (including phenoxy) is 1. The maximum Gasteiger partial charge on any atom is 0.129 e. The van der Waals surface area contributed by atoms with Crippen molar-refractivity contribution in [1.29, 1.82) is 0 Å². The summed E-state index contributed by atoms with van der Waals surface area (Å²) in [6.45, 7) is 2.45. The van der Waals surface area contributed by atoms with E-state index in [1.165, 1.54) is 6.07 Å². The minimum absolute atomic E-state index is 0.324. The van der Waals surface area contributed by atoms with Crippen LogP contribution in [0.25, 0.3) is 0 Å². The molecule has 1 aliphatic carbocycles. The van der Waals surface area contributed by atoms with Gasteiger partial charge < -0.3 is 9.84 Å². The molecule has 2 nitrogen and oxygen atoms in total. The van der Waals surface area contributed by atoms with Crippen LogP contribution >= 0.6 is 15.9 Å². The SMILES string of the molecule is CCOC1(C(O)c2cc(Br)ccc2F)CCCCC1. The number of halogens is 2. The Morgan fingerprint density at radius 2 is 2.05 bits per heavy atom. The van der Waals surface area contributed by atoms with E-state index >= 15 is 0 Å². The predicted molar refractivity (Wildman–Crippen MR) is 76.5 cm³/mol. The van der Waals surface area contributed by atoms with E-state index in [1.807, 2.05) is 6.92 Å². The lowest BCUT2D eigenvalue weighted by Crippen LogP contribution is -2.41. The minimum Gasteiger partial charge on any atom is -0.385 e. The highest BCUT2D eigenvalue weighted by Crippen LogP contribution is 2.42. The lowest BCUT2D eigenvalue weighted by atomic mass is 9.78. The van der Waals surface area contributed by atoms with Crippen molar-refractivity contribution in [2.75, 3.05) is 6.61 Å². The molecule has 0 amide bonds. The number of hydrogen-bond donors (Lipinski definition) is 1. The molecule has 1 aromatic rings. The van der Waals surface area contributed by atoms with Gasteiger partial charge in [-0.25, -0.2) is 4.39 Å². The van der Waals surface area contributed by atoms with Crippen LogP contribution in [0.5, 0.6) is 0 Å². The van der Waals surface area contributed by atoms with E-state index < -0.39 is 11.7 Å². The summed E-state index contributed by atoms with van der Waals surface area (Å²) in [7, 11) is 0. The molecular weight excluding hydrogens is 311 g/mol. The molecule has 0 aromatic heterocycles. The molecule has 1 aromatic carbocycles. The maximum absolute atomic E-state index is 13.9. The first-order valence-electron chi connectivity index (χ1n) is 6.86. The van der Waals surface area contributed by atoms with Crippen LogP contribution in [-0.4, -0.2) is 17.3 Å². The zero-order valence-electron chi connectivity index (χ0n) is 11.2. The fourth-order valence-corrected chi connectivity index (χ4v) is 3.32. The second-order valence-electron chi connectivity index (χ2n) is 5.13. The summed E-state index contributed by atoms with van der Waals surface area (Å²) in [6.07, 6.45) is 3.86. The molecule has 4 heteroatoms. The maximum atomic E-state index is 13.9. The second kappa shape index (κ2) is 6.33. The standard InChI is InChI=1S/C15H20BrFO2/c1-2-19-15(8-4-3-5-9-15)14(18)12-10-11(16)6-7-13(12)17/h6-7,10,14,18H,2-5,8-9H2,1H3. The Kier molecular flexibility index (Phi) is 4.98. The molecule has 1 saturated carbocycles. The van der Waals surface area contributed by atoms with Crippen molar-refractivity contribution < 1.29 is 14.2 Å². The Hall–Kier alpha value is -0.450. The molecule has 0 radical (unpaired) electrons. The van der Waals surface area contributed by atoms with Crippen LogP contribution in [0.4, 0.5) is 4.39 Å². The van der Waals surface area contributed by atoms with E-state index in [0.717, 1.165) is 36.6 Å². The molecule has 1 N–H and O–H groups in total. The molecule has 19 heavy (non-hydrogen) atoms. The summed E-state index contributed by atoms with van der Waals surface area (Å²) in [5.74, 6) is -0.375. The van der Waals surface area contributed by atoms with Gasteiger partial charge in [0.25, 0.3) is 0 Å². The van der Waals surface area contributed by atoms with Gasteiger partial charge in [-0.3, -0.25) is 0 Å². The van der Waals surface area contributed by atoms with Crippen LogP contribution in [0.2, 0.25) is 0 Å². The third kappa shape index (κ3) is 3.18. The summed E-state index contributed by atoms with van der Waals surface area (Å²) in [5, 5.41) is 10.6. The molecule has 106 valence electrons. The van der Waals surface area contributed by atoms with E-state index in [2.05, 4.69) is 15.9 Å². The van der Waals surface area contributed by atoms with Crippen molar-refractivity contribution in [2.45, 2.75) is 50.7 Å². The Labute approximate surface area is 122 Å². The Balaban J connectivity index is 2.32. The van der Waals surface area contributed by atoms with E-state index in [9.17, 15) is 9.50 Å². The molecule has 0 aliphatic heterocycles. The highest BCUT2D eigenvalue weighted by Gasteiger charge is 2.41. The normalized spacial score (nSPS) is 20.2. The molecular formula is C15H20BrFO2. The van der Waals surface area contributed by atoms with Crippen LogP contribution in [0.1, 0.15) is 50.7 Å². The first-order chi connectivity index (χ1) is 9.09. The highest BCUT2D eigenvalue weighted by molar-refractivity contribution is 9.10. The highest BCUT2D eigenvalue weighted by atomic mass is 79.9. The molecule has 1 unspecified atom stereocenters. The van der Waals surface area contributed by atoms with Crippen molar-refractivity contribution in [3.05, 3.63) is 34.1 Å². The van der Waals surface area contributed by atoms with Crippen molar-refractivity contribution in [3.8, 4) is 0 Å². The van der Waals surface area contributed by atoms with Crippen molar-refractivity contribution in [3.63, 3.8) is 0 Å². The lowest BCUT2D eigenvalue weighted by Gasteiger charge is -2.41. The fraction of sp³-hybridized carbons (Fsp3) is 0.600. The summed E-state index contributed by atoms with van der Waals surface area (Å²) in [4.78, 5) is 0. The zero-order chi connectivity index (χ0) is 13.9. The summed E-state index contributed by atoms with van der Waals surface area (Å²) < 4.78 is 20.6.